The molecule has 2 aromatic rings. The molecule has 2 aliphatic rings. The van der Waals surface area contributed by atoms with Crippen LogP contribution < -0.4 is 4.74 Å². The van der Waals surface area contributed by atoms with Crippen LogP contribution in [0.2, 0.25) is 0 Å². The molecular weight excluding hydrogens is 362 g/mol. The van der Waals surface area contributed by atoms with Crippen molar-refractivity contribution in [2.45, 2.75) is 38.5 Å². The summed E-state index contributed by atoms with van der Waals surface area (Å²) in [4.78, 5) is 14.0. The van der Waals surface area contributed by atoms with E-state index in [0.29, 0.717) is 47.9 Å². The standard InChI is InChI=1S/C20H25N3O5/c1-12-21-22-19(27-12)11-23-9-14-7-17(24)18(8-15(14)10-23)28-16-5-3-4-13(6-16)20(25)26-2/h3-6,14-15,17-18,24H,7-11H2,1-2H3/t14-,15+,17+,18+/m0/s1. The third kappa shape index (κ3) is 4.02. The van der Waals surface area contributed by atoms with Gasteiger partial charge in [-0.3, -0.25) is 4.90 Å². The molecule has 2 fully saturated rings. The molecule has 1 saturated carbocycles. The van der Waals surface area contributed by atoms with Gasteiger partial charge in [-0.05, 0) is 42.9 Å². The van der Waals surface area contributed by atoms with E-state index < -0.39 is 12.1 Å². The molecule has 0 bridgehead atoms. The first-order chi connectivity index (χ1) is 13.5. The Balaban J connectivity index is 1.38. The highest BCUT2D eigenvalue weighted by Gasteiger charge is 2.42. The molecule has 1 aliphatic heterocycles. The summed E-state index contributed by atoms with van der Waals surface area (Å²) in [5.74, 6) is 2.24. The Morgan fingerprint density at radius 3 is 2.79 bits per heavy atom. The number of benzene rings is 1. The number of esters is 1. The van der Waals surface area contributed by atoms with Crippen molar-refractivity contribution in [1.29, 1.82) is 0 Å². The summed E-state index contributed by atoms with van der Waals surface area (Å²) in [5.41, 5.74) is 0.435. The molecule has 1 saturated heterocycles. The minimum Gasteiger partial charge on any atom is -0.488 e. The average Bonchev–Trinajstić information content (AvgIpc) is 3.26. The third-order valence-corrected chi connectivity index (χ3v) is 5.63. The second-order valence-electron chi connectivity index (χ2n) is 7.64. The van der Waals surface area contributed by atoms with Gasteiger partial charge in [0.2, 0.25) is 11.8 Å². The zero-order valence-corrected chi connectivity index (χ0v) is 16.1. The third-order valence-electron chi connectivity index (χ3n) is 5.63. The van der Waals surface area contributed by atoms with Gasteiger partial charge in [-0.15, -0.1) is 10.2 Å². The Morgan fingerprint density at radius 1 is 1.29 bits per heavy atom. The van der Waals surface area contributed by atoms with E-state index in [1.807, 2.05) is 0 Å². The molecule has 4 rings (SSSR count). The van der Waals surface area contributed by atoms with E-state index in [1.165, 1.54) is 7.11 Å². The fourth-order valence-electron chi connectivity index (χ4n) is 4.32. The molecule has 4 atom stereocenters. The van der Waals surface area contributed by atoms with E-state index in [-0.39, 0.29) is 6.10 Å². The second kappa shape index (κ2) is 7.89. The summed E-state index contributed by atoms with van der Waals surface area (Å²) >= 11 is 0. The van der Waals surface area contributed by atoms with Crippen molar-refractivity contribution in [3.63, 3.8) is 0 Å². The number of fused-ring (bicyclic) bond motifs is 1. The summed E-state index contributed by atoms with van der Waals surface area (Å²) in [6, 6.07) is 6.89. The molecule has 1 N–H and O–H groups in total. The zero-order chi connectivity index (χ0) is 19.7. The van der Waals surface area contributed by atoms with Crippen molar-refractivity contribution in [1.82, 2.24) is 15.1 Å². The highest BCUT2D eigenvalue weighted by atomic mass is 16.5. The van der Waals surface area contributed by atoms with E-state index in [9.17, 15) is 9.90 Å². The van der Waals surface area contributed by atoms with Crippen molar-refractivity contribution < 1.29 is 23.8 Å². The highest BCUT2D eigenvalue weighted by molar-refractivity contribution is 5.89. The number of aliphatic hydroxyl groups is 1. The Hall–Kier alpha value is -2.45. The first-order valence-electron chi connectivity index (χ1n) is 9.56. The molecule has 28 heavy (non-hydrogen) atoms. The van der Waals surface area contributed by atoms with Crippen LogP contribution in [0.15, 0.2) is 28.7 Å². The van der Waals surface area contributed by atoms with Crippen LogP contribution in [0, 0.1) is 18.8 Å². The number of hydrogen-bond acceptors (Lipinski definition) is 8. The fraction of sp³-hybridized carbons (Fsp3) is 0.550. The molecule has 0 radical (unpaired) electrons. The van der Waals surface area contributed by atoms with Gasteiger partial charge >= 0.3 is 5.97 Å². The van der Waals surface area contributed by atoms with Gasteiger partial charge in [0.1, 0.15) is 11.9 Å². The molecule has 2 heterocycles. The van der Waals surface area contributed by atoms with Gasteiger partial charge in [-0.1, -0.05) is 6.07 Å². The normalized spacial score (nSPS) is 27.4. The Labute approximate surface area is 163 Å². The van der Waals surface area contributed by atoms with Crippen molar-refractivity contribution in [2.24, 2.45) is 11.8 Å². The van der Waals surface area contributed by atoms with Crippen molar-refractivity contribution in [2.75, 3.05) is 20.2 Å². The smallest absolute Gasteiger partial charge is 0.337 e. The van der Waals surface area contributed by atoms with Crippen molar-refractivity contribution >= 4 is 5.97 Å². The number of nitrogens with zero attached hydrogens (tertiary/aromatic N) is 3. The summed E-state index contributed by atoms with van der Waals surface area (Å²) in [7, 11) is 1.35. The molecule has 0 unspecified atom stereocenters. The van der Waals surface area contributed by atoms with E-state index in [2.05, 4.69) is 15.1 Å². The van der Waals surface area contributed by atoms with Crippen LogP contribution in [0.25, 0.3) is 0 Å². The molecule has 1 aromatic carbocycles. The van der Waals surface area contributed by atoms with Crippen LogP contribution in [0.3, 0.4) is 0 Å². The lowest BCUT2D eigenvalue weighted by Crippen LogP contribution is -2.42. The molecule has 8 nitrogen and oxygen atoms in total. The number of hydrogen-bond donors (Lipinski definition) is 1. The first-order valence-corrected chi connectivity index (χ1v) is 9.56. The van der Waals surface area contributed by atoms with Crippen molar-refractivity contribution in [3.8, 4) is 5.75 Å². The number of carbonyl (C=O) groups is 1. The quantitative estimate of drug-likeness (QED) is 0.776. The predicted molar refractivity (Wildman–Crippen MR) is 98.7 cm³/mol. The lowest BCUT2D eigenvalue weighted by Gasteiger charge is -2.35. The Kier molecular flexibility index (Phi) is 5.32. The monoisotopic (exact) mass is 387 g/mol. The maximum atomic E-state index is 11.7. The maximum absolute atomic E-state index is 11.7. The molecule has 0 amide bonds. The van der Waals surface area contributed by atoms with E-state index in [1.54, 1.807) is 31.2 Å². The lowest BCUT2D eigenvalue weighted by molar-refractivity contribution is -0.0231. The summed E-state index contributed by atoms with van der Waals surface area (Å²) in [6.45, 7) is 4.25. The van der Waals surface area contributed by atoms with Crippen LogP contribution >= 0.6 is 0 Å². The van der Waals surface area contributed by atoms with Gasteiger partial charge < -0.3 is 19.0 Å². The van der Waals surface area contributed by atoms with Gasteiger partial charge in [0, 0.05) is 20.0 Å². The minimum absolute atomic E-state index is 0.292. The van der Waals surface area contributed by atoms with Crippen LogP contribution in [0.1, 0.15) is 35.0 Å². The van der Waals surface area contributed by atoms with Crippen LogP contribution in [0.5, 0.6) is 5.75 Å². The number of carbonyl (C=O) groups excluding carboxylic acids is 1. The number of aliphatic hydroxyl groups excluding tert-OH is 1. The largest absolute Gasteiger partial charge is 0.488 e. The number of rotatable bonds is 5. The van der Waals surface area contributed by atoms with Gasteiger partial charge in [0.05, 0.1) is 25.3 Å². The molecular formula is C20H25N3O5. The number of likely N-dealkylation sites (tertiary alicyclic amines) is 1. The van der Waals surface area contributed by atoms with Gasteiger partial charge in [-0.25, -0.2) is 4.79 Å². The molecule has 150 valence electrons. The van der Waals surface area contributed by atoms with Crippen LogP contribution in [-0.2, 0) is 11.3 Å². The predicted octanol–water partition coefficient (Wildman–Crippen LogP) is 1.81. The molecule has 1 aromatic heterocycles. The van der Waals surface area contributed by atoms with Gasteiger partial charge in [0.25, 0.3) is 0 Å². The zero-order valence-electron chi connectivity index (χ0n) is 16.1. The topological polar surface area (TPSA) is 97.9 Å². The molecule has 1 aliphatic carbocycles. The number of aryl methyl sites for hydroxylation is 1. The average molecular weight is 387 g/mol. The number of ether oxygens (including phenoxy) is 2. The summed E-state index contributed by atoms with van der Waals surface area (Å²) in [5, 5.41) is 18.6. The minimum atomic E-state index is -0.534. The van der Waals surface area contributed by atoms with E-state index in [0.717, 1.165) is 19.5 Å². The summed E-state index contributed by atoms with van der Waals surface area (Å²) < 4.78 is 16.3. The van der Waals surface area contributed by atoms with E-state index >= 15 is 0 Å². The van der Waals surface area contributed by atoms with E-state index in [4.69, 9.17) is 13.9 Å². The fourth-order valence-corrected chi connectivity index (χ4v) is 4.32. The van der Waals surface area contributed by atoms with Gasteiger partial charge in [0.15, 0.2) is 0 Å². The van der Waals surface area contributed by atoms with Crippen LogP contribution in [0.4, 0.5) is 0 Å². The maximum Gasteiger partial charge on any atom is 0.337 e. The van der Waals surface area contributed by atoms with Gasteiger partial charge in [-0.2, -0.15) is 0 Å². The number of methoxy groups -OCH3 is 1. The first kappa shape index (κ1) is 18.9. The second-order valence-corrected chi connectivity index (χ2v) is 7.64. The lowest BCUT2D eigenvalue weighted by atomic mass is 9.78. The Bertz CT molecular complexity index is 839. The molecule has 8 heteroatoms. The van der Waals surface area contributed by atoms with Crippen molar-refractivity contribution in [3.05, 3.63) is 41.6 Å². The van der Waals surface area contributed by atoms with Crippen LogP contribution in [-0.4, -0.2) is 58.6 Å². The number of aromatic nitrogens is 2. The Morgan fingerprint density at radius 2 is 2.07 bits per heavy atom. The SMILES string of the molecule is COC(=O)c1cccc(O[C@@H]2C[C@@H]3CN(Cc4nnc(C)o4)C[C@@H]3C[C@H]2O)c1. The summed E-state index contributed by atoms with van der Waals surface area (Å²) in [6.07, 6.45) is 0.646. The highest BCUT2D eigenvalue weighted by Crippen LogP contribution is 2.38. The molecule has 0 spiro atoms.